The molecule has 0 aliphatic carbocycles. The van der Waals surface area contributed by atoms with E-state index in [4.69, 9.17) is 11.6 Å². The molecular weight excluding hydrogens is 273 g/mol. The van der Waals surface area contributed by atoms with Crippen LogP contribution in [0.1, 0.15) is 24.9 Å². The maximum absolute atomic E-state index is 13.2. The number of carbonyl (C=O) groups is 2. The van der Waals surface area contributed by atoms with Gasteiger partial charge in [0, 0.05) is 13.0 Å². The van der Waals surface area contributed by atoms with Crippen molar-refractivity contribution in [2.24, 2.45) is 5.92 Å². The number of hydrogen-bond donors (Lipinski definition) is 1. The Morgan fingerprint density at radius 2 is 2.26 bits per heavy atom. The van der Waals surface area contributed by atoms with Crippen molar-refractivity contribution in [3.05, 3.63) is 34.6 Å². The molecule has 2 atom stereocenters. The summed E-state index contributed by atoms with van der Waals surface area (Å²) >= 11 is 5.72. The molecule has 0 radical (unpaired) electrons. The highest BCUT2D eigenvalue weighted by Crippen LogP contribution is 2.39. The van der Waals surface area contributed by atoms with E-state index in [0.717, 1.165) is 0 Å². The Hall–Kier alpha value is -1.62. The number of carboxylic acid groups (broad SMARTS) is 1. The van der Waals surface area contributed by atoms with Crippen molar-refractivity contribution in [3.8, 4) is 0 Å². The normalized spacial score (nSPS) is 22.9. The van der Waals surface area contributed by atoms with Crippen molar-refractivity contribution in [1.29, 1.82) is 0 Å². The van der Waals surface area contributed by atoms with E-state index in [1.807, 2.05) is 0 Å². The van der Waals surface area contributed by atoms with Gasteiger partial charge in [0.2, 0.25) is 5.91 Å². The lowest BCUT2D eigenvalue weighted by molar-refractivity contribution is -0.142. The van der Waals surface area contributed by atoms with E-state index in [0.29, 0.717) is 12.1 Å². The SMILES string of the molecule is CCN1C(=O)CC(C(=O)O)C1c1ccc(F)c(Cl)c1. The fourth-order valence-corrected chi connectivity index (χ4v) is 2.68. The minimum absolute atomic E-state index is 0.0389. The zero-order valence-corrected chi connectivity index (χ0v) is 11.0. The number of carboxylic acids is 1. The van der Waals surface area contributed by atoms with E-state index in [-0.39, 0.29) is 17.4 Å². The molecule has 4 nitrogen and oxygen atoms in total. The van der Waals surface area contributed by atoms with Crippen LogP contribution in [-0.4, -0.2) is 28.4 Å². The molecule has 19 heavy (non-hydrogen) atoms. The Balaban J connectivity index is 2.45. The van der Waals surface area contributed by atoms with Gasteiger partial charge in [0.25, 0.3) is 0 Å². The van der Waals surface area contributed by atoms with Gasteiger partial charge in [-0.25, -0.2) is 4.39 Å². The Bertz CT molecular complexity index is 535. The second-order valence-corrected chi connectivity index (χ2v) is 4.85. The topological polar surface area (TPSA) is 57.6 Å². The summed E-state index contributed by atoms with van der Waals surface area (Å²) in [6.07, 6.45) is -0.0389. The van der Waals surface area contributed by atoms with E-state index in [1.165, 1.54) is 23.1 Å². The third-order valence-electron chi connectivity index (χ3n) is 3.37. The van der Waals surface area contributed by atoms with Crippen molar-refractivity contribution in [3.63, 3.8) is 0 Å². The quantitative estimate of drug-likeness (QED) is 0.928. The van der Waals surface area contributed by atoms with Crippen LogP contribution in [-0.2, 0) is 9.59 Å². The predicted octanol–water partition coefficient (Wildman–Crippen LogP) is 2.47. The monoisotopic (exact) mass is 285 g/mol. The van der Waals surface area contributed by atoms with Gasteiger partial charge in [0.15, 0.2) is 0 Å². The molecule has 0 bridgehead atoms. The number of amides is 1. The number of hydrogen-bond acceptors (Lipinski definition) is 2. The lowest BCUT2D eigenvalue weighted by atomic mass is 9.93. The van der Waals surface area contributed by atoms with Crippen LogP contribution >= 0.6 is 11.6 Å². The molecule has 0 spiro atoms. The molecule has 1 amide bonds. The highest BCUT2D eigenvalue weighted by molar-refractivity contribution is 6.30. The lowest BCUT2D eigenvalue weighted by Gasteiger charge is -2.26. The number of benzene rings is 1. The molecule has 2 unspecified atom stereocenters. The molecule has 0 aromatic heterocycles. The minimum Gasteiger partial charge on any atom is -0.481 e. The van der Waals surface area contributed by atoms with Crippen molar-refractivity contribution < 1.29 is 19.1 Å². The van der Waals surface area contributed by atoms with E-state index in [1.54, 1.807) is 6.92 Å². The fraction of sp³-hybridized carbons (Fsp3) is 0.385. The first kappa shape index (κ1) is 13.8. The van der Waals surface area contributed by atoms with Crippen LogP contribution in [0.4, 0.5) is 4.39 Å². The molecule has 1 aromatic carbocycles. The summed E-state index contributed by atoms with van der Waals surface area (Å²) in [5.41, 5.74) is 0.548. The summed E-state index contributed by atoms with van der Waals surface area (Å²) in [7, 11) is 0. The number of aliphatic carboxylic acids is 1. The van der Waals surface area contributed by atoms with Crippen LogP contribution in [0.2, 0.25) is 5.02 Å². The summed E-state index contributed by atoms with van der Waals surface area (Å²) in [6.45, 7) is 2.18. The van der Waals surface area contributed by atoms with Gasteiger partial charge in [-0.3, -0.25) is 9.59 Å². The molecule has 1 N–H and O–H groups in total. The van der Waals surface area contributed by atoms with Crippen LogP contribution in [0.3, 0.4) is 0 Å². The van der Waals surface area contributed by atoms with Gasteiger partial charge in [0.05, 0.1) is 17.0 Å². The van der Waals surface area contributed by atoms with Gasteiger partial charge in [-0.15, -0.1) is 0 Å². The zero-order chi connectivity index (χ0) is 14.2. The zero-order valence-electron chi connectivity index (χ0n) is 10.3. The Labute approximate surface area is 114 Å². The molecule has 2 rings (SSSR count). The van der Waals surface area contributed by atoms with Crippen LogP contribution < -0.4 is 0 Å². The summed E-state index contributed by atoms with van der Waals surface area (Å²) in [5.74, 6) is -2.63. The van der Waals surface area contributed by atoms with Crippen LogP contribution in [0.25, 0.3) is 0 Å². The fourth-order valence-electron chi connectivity index (χ4n) is 2.49. The summed E-state index contributed by atoms with van der Waals surface area (Å²) in [4.78, 5) is 24.6. The Kier molecular flexibility index (Phi) is 3.75. The lowest BCUT2D eigenvalue weighted by Crippen LogP contribution is -2.30. The third-order valence-corrected chi connectivity index (χ3v) is 3.66. The maximum atomic E-state index is 13.2. The van der Waals surface area contributed by atoms with E-state index < -0.39 is 23.7 Å². The predicted molar refractivity (Wildman–Crippen MR) is 67.3 cm³/mol. The van der Waals surface area contributed by atoms with Gasteiger partial charge in [0.1, 0.15) is 5.82 Å². The smallest absolute Gasteiger partial charge is 0.309 e. The van der Waals surface area contributed by atoms with Crippen molar-refractivity contribution >= 4 is 23.5 Å². The summed E-state index contributed by atoms with van der Waals surface area (Å²) in [5, 5.41) is 9.14. The van der Waals surface area contributed by atoms with Crippen LogP contribution in [0.5, 0.6) is 0 Å². The largest absolute Gasteiger partial charge is 0.481 e. The number of halogens is 2. The molecule has 102 valence electrons. The molecule has 6 heteroatoms. The Morgan fingerprint density at radius 1 is 1.58 bits per heavy atom. The average molecular weight is 286 g/mol. The van der Waals surface area contributed by atoms with E-state index >= 15 is 0 Å². The molecule has 1 aliphatic rings. The molecule has 1 aromatic rings. The van der Waals surface area contributed by atoms with Gasteiger partial charge < -0.3 is 10.0 Å². The second-order valence-electron chi connectivity index (χ2n) is 4.45. The summed E-state index contributed by atoms with van der Waals surface area (Å²) in [6, 6.07) is 3.46. The van der Waals surface area contributed by atoms with Crippen molar-refractivity contribution in [1.82, 2.24) is 4.90 Å². The van der Waals surface area contributed by atoms with Gasteiger partial charge in [-0.1, -0.05) is 17.7 Å². The molecule has 1 aliphatic heterocycles. The summed E-state index contributed by atoms with van der Waals surface area (Å²) < 4.78 is 13.2. The number of likely N-dealkylation sites (tertiary alicyclic amines) is 1. The number of rotatable bonds is 3. The third kappa shape index (κ3) is 2.42. The van der Waals surface area contributed by atoms with E-state index in [9.17, 15) is 19.1 Å². The van der Waals surface area contributed by atoms with Gasteiger partial charge in [-0.05, 0) is 24.6 Å². The molecule has 1 fully saturated rings. The highest BCUT2D eigenvalue weighted by Gasteiger charge is 2.43. The highest BCUT2D eigenvalue weighted by atomic mass is 35.5. The first-order valence-corrected chi connectivity index (χ1v) is 6.30. The Morgan fingerprint density at radius 3 is 2.79 bits per heavy atom. The van der Waals surface area contributed by atoms with Gasteiger partial charge >= 0.3 is 5.97 Å². The number of carbonyl (C=O) groups excluding carboxylic acids is 1. The minimum atomic E-state index is -1.03. The number of nitrogens with zero attached hydrogens (tertiary/aromatic N) is 1. The second kappa shape index (κ2) is 5.17. The first-order chi connectivity index (χ1) is 8.95. The maximum Gasteiger partial charge on any atom is 0.309 e. The van der Waals surface area contributed by atoms with Gasteiger partial charge in [-0.2, -0.15) is 0 Å². The molecule has 1 saturated heterocycles. The van der Waals surface area contributed by atoms with Crippen molar-refractivity contribution in [2.75, 3.05) is 6.54 Å². The van der Waals surface area contributed by atoms with Crippen LogP contribution in [0.15, 0.2) is 18.2 Å². The van der Waals surface area contributed by atoms with Crippen LogP contribution in [0, 0.1) is 11.7 Å². The molecular formula is C13H13ClFNO3. The first-order valence-electron chi connectivity index (χ1n) is 5.93. The van der Waals surface area contributed by atoms with E-state index in [2.05, 4.69) is 0 Å². The van der Waals surface area contributed by atoms with Crippen molar-refractivity contribution in [2.45, 2.75) is 19.4 Å². The molecule has 0 saturated carbocycles. The standard InChI is InChI=1S/C13H13ClFNO3/c1-2-16-11(17)6-8(13(18)19)12(16)7-3-4-10(15)9(14)5-7/h3-5,8,12H,2,6H2,1H3,(H,18,19). The average Bonchev–Trinajstić information content (AvgIpc) is 2.69. The molecule has 1 heterocycles.